The van der Waals surface area contributed by atoms with Crippen LogP contribution in [0.4, 0.5) is 0 Å². The third-order valence-electron chi connectivity index (χ3n) is 2.83. The molecule has 6 nitrogen and oxygen atoms in total. The average Bonchev–Trinajstić information content (AvgIpc) is 2.94. The maximum atomic E-state index is 12.3. The van der Waals surface area contributed by atoms with E-state index >= 15 is 0 Å². The molecule has 2 N–H and O–H groups in total. The number of rotatable bonds is 6. The Morgan fingerprint density at radius 2 is 2.19 bits per heavy atom. The number of sulfonamides is 1. The molecule has 1 aromatic heterocycles. The summed E-state index contributed by atoms with van der Waals surface area (Å²) in [7, 11) is -3.73. The van der Waals surface area contributed by atoms with Crippen LogP contribution in [0.2, 0.25) is 0 Å². The molecule has 21 heavy (non-hydrogen) atoms. The summed E-state index contributed by atoms with van der Waals surface area (Å²) < 4.78 is 32.8. The molecule has 0 atom stereocenters. The first-order valence-electron chi connectivity index (χ1n) is 6.28. The van der Waals surface area contributed by atoms with E-state index in [1.807, 2.05) is 6.92 Å². The van der Waals surface area contributed by atoms with E-state index in [9.17, 15) is 8.42 Å². The van der Waals surface area contributed by atoms with Crippen molar-refractivity contribution in [3.05, 3.63) is 46.1 Å². The molecule has 2 rings (SSSR count). The minimum absolute atomic E-state index is 0.0296. The summed E-state index contributed by atoms with van der Waals surface area (Å²) in [6.45, 7) is 1.67. The minimum atomic E-state index is -3.73. The Kier molecular flexibility index (Phi) is 5.15. The van der Waals surface area contributed by atoms with E-state index in [1.165, 1.54) is 6.07 Å². The van der Waals surface area contributed by atoms with E-state index in [1.54, 1.807) is 18.3 Å². The van der Waals surface area contributed by atoms with Crippen molar-refractivity contribution in [2.75, 3.05) is 0 Å². The van der Waals surface area contributed by atoms with Gasteiger partial charge in [-0.05, 0) is 33.6 Å². The summed E-state index contributed by atoms with van der Waals surface area (Å²) in [5.74, 6) is 1.01. The maximum Gasteiger partial charge on any atom is 0.242 e. The second-order valence-electron chi connectivity index (χ2n) is 4.32. The number of benzene rings is 1. The Morgan fingerprint density at radius 1 is 1.43 bits per heavy atom. The van der Waals surface area contributed by atoms with Gasteiger partial charge in [0.25, 0.3) is 0 Å². The van der Waals surface area contributed by atoms with Crippen LogP contribution >= 0.6 is 15.9 Å². The largest absolute Gasteiger partial charge is 0.444 e. The maximum absolute atomic E-state index is 12.3. The number of halogens is 1. The van der Waals surface area contributed by atoms with Crippen molar-refractivity contribution in [3.63, 3.8) is 0 Å². The van der Waals surface area contributed by atoms with Crippen LogP contribution in [0.25, 0.3) is 0 Å². The fourth-order valence-electron chi connectivity index (χ4n) is 1.68. The molecule has 0 aliphatic carbocycles. The topological polar surface area (TPSA) is 92.4 Å². The molecule has 0 bridgehead atoms. The zero-order valence-corrected chi connectivity index (χ0v) is 13.7. The SMILES string of the molecule is CCc1cnc(CNS(=O)(=O)c2cc(CO)ccc2Br)o1. The van der Waals surface area contributed by atoms with E-state index in [2.05, 4.69) is 25.6 Å². The van der Waals surface area contributed by atoms with E-state index in [0.717, 1.165) is 0 Å². The second-order valence-corrected chi connectivity index (χ2v) is 6.91. The summed E-state index contributed by atoms with van der Waals surface area (Å²) in [6, 6.07) is 4.64. The lowest BCUT2D eigenvalue weighted by Gasteiger charge is -2.08. The van der Waals surface area contributed by atoms with Crippen LogP contribution in [-0.2, 0) is 29.6 Å². The van der Waals surface area contributed by atoms with Crippen LogP contribution in [-0.4, -0.2) is 18.5 Å². The van der Waals surface area contributed by atoms with Crippen LogP contribution in [0.5, 0.6) is 0 Å². The van der Waals surface area contributed by atoms with Gasteiger partial charge in [-0.15, -0.1) is 0 Å². The summed E-state index contributed by atoms with van der Waals surface area (Å²) >= 11 is 3.20. The summed E-state index contributed by atoms with van der Waals surface area (Å²) in [6.07, 6.45) is 2.27. The van der Waals surface area contributed by atoms with Gasteiger partial charge in [-0.2, -0.15) is 0 Å². The van der Waals surface area contributed by atoms with Gasteiger partial charge in [0.05, 0.1) is 24.2 Å². The monoisotopic (exact) mass is 374 g/mol. The van der Waals surface area contributed by atoms with E-state index in [0.29, 0.717) is 28.1 Å². The number of aliphatic hydroxyl groups is 1. The molecular formula is C13H15BrN2O4S. The fraction of sp³-hybridized carbons (Fsp3) is 0.308. The van der Waals surface area contributed by atoms with Gasteiger partial charge in [0.15, 0.2) is 0 Å². The molecule has 0 aliphatic rings. The van der Waals surface area contributed by atoms with Gasteiger partial charge >= 0.3 is 0 Å². The number of nitrogens with zero attached hydrogens (tertiary/aromatic N) is 1. The van der Waals surface area contributed by atoms with Crippen molar-refractivity contribution in [1.29, 1.82) is 0 Å². The average molecular weight is 375 g/mol. The standard InChI is InChI=1S/C13H15BrN2O4S/c1-2-10-6-15-13(20-10)7-16-21(18,19)12-5-9(8-17)3-4-11(12)14/h3-6,16-17H,2,7-8H2,1H3. The predicted octanol–water partition coefficient (Wildman–Crippen LogP) is 1.97. The van der Waals surface area contributed by atoms with Gasteiger partial charge in [-0.1, -0.05) is 13.0 Å². The smallest absolute Gasteiger partial charge is 0.242 e. The first-order valence-corrected chi connectivity index (χ1v) is 8.56. The van der Waals surface area contributed by atoms with Gasteiger partial charge < -0.3 is 9.52 Å². The van der Waals surface area contributed by atoms with Gasteiger partial charge in [0, 0.05) is 10.9 Å². The molecule has 0 saturated carbocycles. The lowest BCUT2D eigenvalue weighted by atomic mass is 10.2. The minimum Gasteiger partial charge on any atom is -0.444 e. The number of aromatic nitrogens is 1. The second kappa shape index (κ2) is 6.69. The van der Waals surface area contributed by atoms with Gasteiger partial charge in [-0.25, -0.2) is 18.1 Å². The molecular weight excluding hydrogens is 360 g/mol. The number of aryl methyl sites for hydroxylation is 1. The molecule has 0 saturated heterocycles. The zero-order chi connectivity index (χ0) is 15.5. The van der Waals surface area contributed by atoms with E-state index in [-0.39, 0.29) is 18.0 Å². The van der Waals surface area contributed by atoms with Crippen LogP contribution < -0.4 is 4.72 Å². The molecule has 8 heteroatoms. The third-order valence-corrected chi connectivity index (χ3v) is 5.23. The number of hydrogen-bond donors (Lipinski definition) is 2. The van der Waals surface area contributed by atoms with Gasteiger partial charge in [0.1, 0.15) is 5.76 Å². The number of nitrogens with one attached hydrogen (secondary N) is 1. The number of hydrogen-bond acceptors (Lipinski definition) is 5. The zero-order valence-electron chi connectivity index (χ0n) is 11.3. The lowest BCUT2D eigenvalue weighted by Crippen LogP contribution is -2.24. The Morgan fingerprint density at radius 3 is 2.81 bits per heavy atom. The Hall–Kier alpha value is -1.22. The molecule has 0 radical (unpaired) electrons. The number of oxazole rings is 1. The molecule has 0 amide bonds. The van der Waals surface area contributed by atoms with Crippen molar-refractivity contribution in [1.82, 2.24) is 9.71 Å². The normalized spacial score (nSPS) is 11.8. The summed E-state index contributed by atoms with van der Waals surface area (Å²) in [4.78, 5) is 4.06. The molecule has 1 aromatic carbocycles. The summed E-state index contributed by atoms with van der Waals surface area (Å²) in [5, 5.41) is 9.10. The van der Waals surface area contributed by atoms with E-state index < -0.39 is 10.0 Å². The Labute approximate surface area is 131 Å². The molecule has 0 unspecified atom stereocenters. The lowest BCUT2D eigenvalue weighted by molar-refractivity contribution is 0.281. The quantitative estimate of drug-likeness (QED) is 0.806. The molecule has 0 spiro atoms. The first kappa shape index (κ1) is 16.2. The van der Waals surface area contributed by atoms with E-state index in [4.69, 9.17) is 9.52 Å². The molecule has 0 aliphatic heterocycles. The van der Waals surface area contributed by atoms with Crippen molar-refractivity contribution < 1.29 is 17.9 Å². The van der Waals surface area contributed by atoms with Crippen molar-refractivity contribution >= 4 is 26.0 Å². The molecule has 2 aromatic rings. The Balaban J connectivity index is 2.18. The summed E-state index contributed by atoms with van der Waals surface area (Å²) in [5.41, 5.74) is 0.517. The highest BCUT2D eigenvalue weighted by Crippen LogP contribution is 2.23. The van der Waals surface area contributed by atoms with Crippen LogP contribution in [0.1, 0.15) is 24.1 Å². The third kappa shape index (κ3) is 3.91. The van der Waals surface area contributed by atoms with Crippen LogP contribution in [0, 0.1) is 0 Å². The highest BCUT2D eigenvalue weighted by atomic mass is 79.9. The first-order chi connectivity index (χ1) is 9.96. The highest BCUT2D eigenvalue weighted by molar-refractivity contribution is 9.10. The molecule has 1 heterocycles. The van der Waals surface area contributed by atoms with Crippen molar-refractivity contribution in [2.24, 2.45) is 0 Å². The van der Waals surface area contributed by atoms with Gasteiger partial charge in [0.2, 0.25) is 15.9 Å². The van der Waals surface area contributed by atoms with Crippen molar-refractivity contribution in [2.45, 2.75) is 31.4 Å². The Bertz CT molecular complexity index is 728. The molecule has 0 fully saturated rings. The predicted molar refractivity (Wildman–Crippen MR) is 80.0 cm³/mol. The fourth-order valence-corrected chi connectivity index (χ4v) is 3.67. The highest BCUT2D eigenvalue weighted by Gasteiger charge is 2.19. The van der Waals surface area contributed by atoms with Crippen molar-refractivity contribution in [3.8, 4) is 0 Å². The van der Waals surface area contributed by atoms with Crippen LogP contribution in [0.3, 0.4) is 0 Å². The molecule has 114 valence electrons. The van der Waals surface area contributed by atoms with Gasteiger partial charge in [-0.3, -0.25) is 0 Å². The number of aliphatic hydroxyl groups excluding tert-OH is 1. The van der Waals surface area contributed by atoms with Crippen LogP contribution in [0.15, 0.2) is 38.2 Å².